The van der Waals surface area contributed by atoms with Crippen molar-refractivity contribution in [2.24, 2.45) is 0 Å². The minimum Gasteiger partial charge on any atom is -0.460 e. The number of H-pyrrole nitrogens is 1. The summed E-state index contributed by atoms with van der Waals surface area (Å²) >= 11 is 9.33. The molecule has 36 heavy (non-hydrogen) atoms. The minimum atomic E-state index is -3.87. The van der Waals surface area contributed by atoms with Gasteiger partial charge in [0.05, 0.1) is 21.4 Å². The number of rotatable bonds is 10. The second kappa shape index (κ2) is 11.9. The molecule has 0 radical (unpaired) electrons. The van der Waals surface area contributed by atoms with Gasteiger partial charge in [-0.25, -0.2) is 22.5 Å². The van der Waals surface area contributed by atoms with Gasteiger partial charge < -0.3 is 9.72 Å². The van der Waals surface area contributed by atoms with Crippen LogP contribution in [-0.2, 0) is 19.6 Å². The first-order valence-corrected chi connectivity index (χ1v) is 14.0. The largest absolute Gasteiger partial charge is 0.460 e. The third-order valence-electron chi connectivity index (χ3n) is 5.07. The highest BCUT2D eigenvalue weighted by Gasteiger charge is 2.20. The number of nitrogens with one attached hydrogen (secondary N) is 2. The number of hydrogen-bond donors (Lipinski definition) is 2. The van der Waals surface area contributed by atoms with E-state index >= 15 is 0 Å². The van der Waals surface area contributed by atoms with Gasteiger partial charge in [0.2, 0.25) is 10.0 Å². The maximum atomic E-state index is 13.9. The standard InChI is InChI=1S/C25H28BrClFN3O4S/c1-25(2,3)35-23(32)7-5-4-6-12-30-36(33,34)22-14-17(9-11-19(22)27)24-29-15-21(31-24)16-8-10-18(26)20(28)13-16/h8-11,13-15,30H,4-7,12H2,1-3H3,(H,29,31). The molecule has 0 aliphatic rings. The van der Waals surface area contributed by atoms with E-state index in [0.717, 1.165) is 0 Å². The maximum absolute atomic E-state index is 13.9. The lowest BCUT2D eigenvalue weighted by Crippen LogP contribution is -2.25. The predicted molar refractivity (Wildman–Crippen MR) is 142 cm³/mol. The SMILES string of the molecule is CC(C)(C)OC(=O)CCCCCNS(=O)(=O)c1cc(-c2ncc(-c3ccc(Br)c(F)c3)[nH]2)ccc1Cl. The van der Waals surface area contributed by atoms with Crippen LogP contribution in [-0.4, -0.2) is 36.5 Å². The molecule has 0 aliphatic carbocycles. The van der Waals surface area contributed by atoms with Crippen molar-refractivity contribution in [2.45, 2.75) is 57.0 Å². The molecule has 7 nitrogen and oxygen atoms in total. The van der Waals surface area contributed by atoms with E-state index < -0.39 is 21.4 Å². The Morgan fingerprint density at radius 3 is 2.56 bits per heavy atom. The highest BCUT2D eigenvalue weighted by atomic mass is 79.9. The molecular formula is C25H28BrClFN3O4S. The fourth-order valence-electron chi connectivity index (χ4n) is 3.38. The second-order valence-corrected chi connectivity index (χ2v) is 12.2. The first-order valence-electron chi connectivity index (χ1n) is 11.4. The van der Waals surface area contributed by atoms with Gasteiger partial charge in [-0.1, -0.05) is 24.1 Å². The smallest absolute Gasteiger partial charge is 0.306 e. The normalized spacial score (nSPS) is 12.1. The Kier molecular flexibility index (Phi) is 9.32. The Morgan fingerprint density at radius 1 is 1.14 bits per heavy atom. The molecule has 0 fully saturated rings. The van der Waals surface area contributed by atoms with Crippen LogP contribution >= 0.6 is 27.5 Å². The van der Waals surface area contributed by atoms with Gasteiger partial charge in [-0.3, -0.25) is 4.79 Å². The van der Waals surface area contributed by atoms with Crippen LogP contribution in [0.25, 0.3) is 22.6 Å². The summed E-state index contributed by atoms with van der Waals surface area (Å²) in [5.41, 5.74) is 1.18. The van der Waals surface area contributed by atoms with E-state index in [2.05, 4.69) is 30.6 Å². The topological polar surface area (TPSA) is 101 Å². The van der Waals surface area contributed by atoms with Crippen LogP contribution in [0.15, 0.2) is 52.0 Å². The van der Waals surface area contributed by atoms with E-state index in [1.165, 1.54) is 18.2 Å². The van der Waals surface area contributed by atoms with E-state index in [9.17, 15) is 17.6 Å². The van der Waals surface area contributed by atoms with Crippen LogP contribution in [0.2, 0.25) is 5.02 Å². The third-order valence-corrected chi connectivity index (χ3v) is 7.66. The van der Waals surface area contributed by atoms with Crippen LogP contribution in [0.1, 0.15) is 46.5 Å². The Labute approximate surface area is 224 Å². The molecule has 2 N–H and O–H groups in total. The third kappa shape index (κ3) is 7.86. The number of halogens is 3. The fraction of sp³-hybridized carbons (Fsp3) is 0.360. The number of carbonyl (C=O) groups excluding carboxylic acids is 1. The number of benzene rings is 2. The van der Waals surface area contributed by atoms with E-state index in [1.807, 2.05) is 20.8 Å². The predicted octanol–water partition coefficient (Wildman–Crippen LogP) is 6.48. The Morgan fingerprint density at radius 2 is 1.86 bits per heavy atom. The summed E-state index contributed by atoms with van der Waals surface area (Å²) in [6, 6.07) is 9.30. The molecule has 0 bridgehead atoms. The average Bonchev–Trinajstić information content (AvgIpc) is 3.27. The molecule has 11 heteroatoms. The Hall–Kier alpha value is -2.27. The van der Waals surface area contributed by atoms with Gasteiger partial charge in [0, 0.05) is 24.1 Å². The lowest BCUT2D eigenvalue weighted by atomic mass is 10.1. The van der Waals surface area contributed by atoms with Crippen molar-refractivity contribution in [3.05, 3.63) is 57.9 Å². The number of aromatic nitrogens is 2. The van der Waals surface area contributed by atoms with Crippen molar-refractivity contribution >= 4 is 43.5 Å². The van der Waals surface area contributed by atoms with Crippen LogP contribution in [0.4, 0.5) is 4.39 Å². The van der Waals surface area contributed by atoms with Crippen LogP contribution in [0.3, 0.4) is 0 Å². The summed E-state index contributed by atoms with van der Waals surface area (Å²) in [6.45, 7) is 5.65. The molecule has 0 aliphatic heterocycles. The zero-order valence-electron chi connectivity index (χ0n) is 20.2. The van der Waals surface area contributed by atoms with Crippen molar-refractivity contribution in [1.29, 1.82) is 0 Å². The van der Waals surface area contributed by atoms with E-state index in [-0.39, 0.29) is 28.9 Å². The van der Waals surface area contributed by atoms with Crippen LogP contribution in [0, 0.1) is 5.82 Å². The number of imidazole rings is 1. The van der Waals surface area contributed by atoms with E-state index in [0.29, 0.717) is 46.4 Å². The quantitative estimate of drug-likeness (QED) is 0.205. The van der Waals surface area contributed by atoms with Crippen molar-refractivity contribution < 1.29 is 22.3 Å². The van der Waals surface area contributed by atoms with Gasteiger partial charge in [-0.2, -0.15) is 0 Å². The summed E-state index contributed by atoms with van der Waals surface area (Å²) in [6.07, 6.45) is 3.67. The highest BCUT2D eigenvalue weighted by Crippen LogP contribution is 2.29. The van der Waals surface area contributed by atoms with Gasteiger partial charge in [-0.15, -0.1) is 0 Å². The molecule has 0 unspecified atom stereocenters. The van der Waals surface area contributed by atoms with Crippen molar-refractivity contribution in [3.63, 3.8) is 0 Å². The zero-order chi connectivity index (χ0) is 26.5. The van der Waals surface area contributed by atoms with Gasteiger partial charge >= 0.3 is 5.97 Å². The number of unbranched alkanes of at least 4 members (excludes halogenated alkanes) is 2. The number of hydrogen-bond acceptors (Lipinski definition) is 5. The number of esters is 1. The molecule has 1 heterocycles. The Bertz CT molecular complexity index is 1340. The first kappa shape index (κ1) is 28.3. The second-order valence-electron chi connectivity index (χ2n) is 9.21. The molecule has 0 atom stereocenters. The van der Waals surface area contributed by atoms with E-state index in [4.69, 9.17) is 16.3 Å². The van der Waals surface area contributed by atoms with Gasteiger partial charge in [0.15, 0.2) is 0 Å². The molecule has 0 amide bonds. The summed E-state index contributed by atoms with van der Waals surface area (Å²) in [5, 5.41) is 0.0814. The van der Waals surface area contributed by atoms with E-state index in [1.54, 1.807) is 24.4 Å². The monoisotopic (exact) mass is 599 g/mol. The Balaban J connectivity index is 1.62. The van der Waals surface area contributed by atoms with Gasteiger partial charge in [0.25, 0.3) is 0 Å². The van der Waals surface area contributed by atoms with Crippen molar-refractivity contribution in [1.82, 2.24) is 14.7 Å². The molecular weight excluding hydrogens is 573 g/mol. The number of nitrogens with zero attached hydrogens (tertiary/aromatic N) is 1. The molecule has 3 aromatic rings. The first-order chi connectivity index (χ1) is 16.9. The molecule has 0 spiro atoms. The lowest BCUT2D eigenvalue weighted by Gasteiger charge is -2.19. The van der Waals surface area contributed by atoms with Crippen molar-refractivity contribution in [2.75, 3.05) is 6.54 Å². The molecule has 0 saturated carbocycles. The van der Waals surface area contributed by atoms with Gasteiger partial charge in [-0.05, 0) is 79.9 Å². The lowest BCUT2D eigenvalue weighted by molar-refractivity contribution is -0.154. The average molecular weight is 601 g/mol. The fourth-order valence-corrected chi connectivity index (χ4v) is 5.23. The number of aromatic amines is 1. The summed E-state index contributed by atoms with van der Waals surface area (Å²) in [5.74, 6) is -0.249. The molecule has 3 rings (SSSR count). The van der Waals surface area contributed by atoms with Crippen molar-refractivity contribution in [3.8, 4) is 22.6 Å². The maximum Gasteiger partial charge on any atom is 0.306 e. The molecule has 1 aromatic heterocycles. The summed E-state index contributed by atoms with van der Waals surface area (Å²) in [4.78, 5) is 19.1. The number of sulfonamides is 1. The highest BCUT2D eigenvalue weighted by molar-refractivity contribution is 9.10. The molecule has 2 aromatic carbocycles. The van der Waals surface area contributed by atoms with Gasteiger partial charge in [0.1, 0.15) is 22.1 Å². The van der Waals surface area contributed by atoms with Crippen LogP contribution in [0.5, 0.6) is 0 Å². The summed E-state index contributed by atoms with van der Waals surface area (Å²) < 4.78 is 47.8. The zero-order valence-corrected chi connectivity index (χ0v) is 23.4. The summed E-state index contributed by atoms with van der Waals surface area (Å²) in [7, 11) is -3.87. The number of ether oxygens (including phenoxy) is 1. The molecule has 194 valence electrons. The van der Waals surface area contributed by atoms with Crippen LogP contribution < -0.4 is 4.72 Å². The molecule has 0 saturated heterocycles. The minimum absolute atomic E-state index is 0.0666. The number of carbonyl (C=O) groups is 1.